The average molecular weight is 305 g/mol. The van der Waals surface area contributed by atoms with Crippen molar-refractivity contribution in [3.8, 4) is 0 Å². The Labute approximate surface area is 127 Å². The molecule has 112 valence electrons. The Morgan fingerprint density at radius 2 is 2.29 bits per heavy atom. The highest BCUT2D eigenvalue weighted by Gasteiger charge is 2.40. The van der Waals surface area contributed by atoms with Crippen molar-refractivity contribution in [2.75, 3.05) is 5.75 Å². The van der Waals surface area contributed by atoms with Crippen molar-refractivity contribution in [3.05, 3.63) is 17.8 Å². The fraction of sp³-hybridized carbons (Fsp3) is 0.533. The zero-order valence-corrected chi connectivity index (χ0v) is 13.1. The van der Waals surface area contributed by atoms with E-state index in [1.54, 1.807) is 0 Å². The number of imidazole rings is 1. The summed E-state index contributed by atoms with van der Waals surface area (Å²) in [6.07, 6.45) is 6.32. The van der Waals surface area contributed by atoms with Crippen molar-refractivity contribution in [1.82, 2.24) is 14.5 Å². The molecule has 1 saturated carbocycles. The third-order valence-corrected chi connectivity index (χ3v) is 5.27. The van der Waals surface area contributed by atoms with Gasteiger partial charge in [-0.1, -0.05) is 18.7 Å². The summed E-state index contributed by atoms with van der Waals surface area (Å²) in [5.41, 5.74) is 2.89. The smallest absolute Gasteiger partial charge is 0.313 e. The maximum Gasteiger partial charge on any atom is 0.313 e. The molecule has 3 rings (SSSR count). The number of pyridine rings is 1. The summed E-state index contributed by atoms with van der Waals surface area (Å²) in [5, 5.41) is 9.73. The minimum absolute atomic E-state index is 0.0299. The lowest BCUT2D eigenvalue weighted by Gasteiger charge is -2.43. The molecule has 6 heteroatoms. The highest BCUT2D eigenvalue weighted by Crippen LogP contribution is 2.45. The van der Waals surface area contributed by atoms with Crippen LogP contribution in [0.2, 0.25) is 0 Å². The lowest BCUT2D eigenvalue weighted by Crippen LogP contribution is -2.40. The van der Waals surface area contributed by atoms with Gasteiger partial charge in [-0.05, 0) is 44.2 Å². The van der Waals surface area contributed by atoms with Crippen molar-refractivity contribution in [2.45, 2.75) is 50.2 Å². The first-order chi connectivity index (χ1) is 10.1. The number of aromatic nitrogens is 3. The number of fused-ring (bicyclic) bond motifs is 1. The van der Waals surface area contributed by atoms with Crippen LogP contribution in [0.15, 0.2) is 17.4 Å². The maximum absolute atomic E-state index is 10.9. The zero-order chi connectivity index (χ0) is 15.0. The van der Waals surface area contributed by atoms with E-state index in [0.717, 1.165) is 41.1 Å². The van der Waals surface area contributed by atoms with E-state index in [-0.39, 0.29) is 11.3 Å². The Hall–Kier alpha value is -1.56. The molecular formula is C15H19N3O2S. The average Bonchev–Trinajstić information content (AvgIpc) is 2.74. The van der Waals surface area contributed by atoms with Gasteiger partial charge in [-0.2, -0.15) is 0 Å². The van der Waals surface area contributed by atoms with Gasteiger partial charge >= 0.3 is 5.97 Å². The van der Waals surface area contributed by atoms with Gasteiger partial charge in [-0.3, -0.25) is 9.36 Å². The summed E-state index contributed by atoms with van der Waals surface area (Å²) < 4.78 is 2.19. The second kappa shape index (κ2) is 5.33. The van der Waals surface area contributed by atoms with Gasteiger partial charge in [-0.25, -0.2) is 9.97 Å². The third-order valence-electron chi connectivity index (χ3n) is 4.34. The first-order valence-corrected chi connectivity index (χ1v) is 8.24. The Morgan fingerprint density at radius 3 is 2.86 bits per heavy atom. The summed E-state index contributed by atoms with van der Waals surface area (Å²) in [6, 6.07) is 2.02. The van der Waals surface area contributed by atoms with Gasteiger partial charge in [0.2, 0.25) is 0 Å². The molecule has 1 N–H and O–H groups in total. The number of thioether (sulfide) groups is 1. The van der Waals surface area contributed by atoms with Gasteiger partial charge in [0.05, 0.1) is 5.75 Å². The minimum atomic E-state index is -0.818. The zero-order valence-electron chi connectivity index (χ0n) is 12.3. The summed E-state index contributed by atoms with van der Waals surface area (Å²) >= 11 is 1.29. The normalized spacial score (nSPS) is 16.9. The van der Waals surface area contributed by atoms with Crippen LogP contribution in [-0.2, 0) is 10.3 Å². The number of nitrogens with zero attached hydrogens (tertiary/aromatic N) is 3. The fourth-order valence-electron chi connectivity index (χ4n) is 3.02. The van der Waals surface area contributed by atoms with E-state index in [0.29, 0.717) is 0 Å². The van der Waals surface area contributed by atoms with Gasteiger partial charge in [0.15, 0.2) is 10.8 Å². The van der Waals surface area contributed by atoms with Crippen molar-refractivity contribution in [3.63, 3.8) is 0 Å². The minimum Gasteiger partial charge on any atom is -0.481 e. The molecule has 0 unspecified atom stereocenters. The van der Waals surface area contributed by atoms with Crippen LogP contribution in [0.4, 0.5) is 0 Å². The highest BCUT2D eigenvalue weighted by molar-refractivity contribution is 7.99. The third kappa shape index (κ3) is 2.41. The molecule has 0 aromatic carbocycles. The molecule has 1 fully saturated rings. The molecule has 0 radical (unpaired) electrons. The Balaban J connectivity index is 2.13. The Morgan fingerprint density at radius 1 is 1.52 bits per heavy atom. The summed E-state index contributed by atoms with van der Waals surface area (Å²) in [5.74, 6) is -0.788. The Kier molecular flexibility index (Phi) is 3.65. The van der Waals surface area contributed by atoms with E-state index >= 15 is 0 Å². The van der Waals surface area contributed by atoms with Crippen LogP contribution in [0.1, 0.15) is 38.2 Å². The van der Waals surface area contributed by atoms with E-state index in [9.17, 15) is 4.79 Å². The molecule has 0 spiro atoms. The molecule has 2 heterocycles. The van der Waals surface area contributed by atoms with E-state index < -0.39 is 5.97 Å². The molecule has 1 aliphatic rings. The molecule has 0 atom stereocenters. The summed E-state index contributed by atoms with van der Waals surface area (Å²) in [4.78, 5) is 20.1. The monoisotopic (exact) mass is 305 g/mol. The van der Waals surface area contributed by atoms with Gasteiger partial charge in [0.25, 0.3) is 0 Å². The van der Waals surface area contributed by atoms with Crippen LogP contribution in [0.5, 0.6) is 0 Å². The largest absolute Gasteiger partial charge is 0.481 e. The first kappa shape index (κ1) is 14.4. The van der Waals surface area contributed by atoms with Gasteiger partial charge in [0, 0.05) is 11.7 Å². The van der Waals surface area contributed by atoms with Crippen molar-refractivity contribution >= 4 is 28.9 Å². The van der Waals surface area contributed by atoms with Crippen LogP contribution >= 0.6 is 11.8 Å². The summed E-state index contributed by atoms with van der Waals surface area (Å²) in [7, 11) is 0. The molecule has 0 saturated heterocycles. The number of carbonyl (C=O) groups is 1. The lowest BCUT2D eigenvalue weighted by atomic mass is 9.74. The number of aryl methyl sites for hydroxylation is 1. The quantitative estimate of drug-likeness (QED) is 0.859. The number of hydrogen-bond donors (Lipinski definition) is 1. The number of hydrogen-bond acceptors (Lipinski definition) is 4. The van der Waals surface area contributed by atoms with E-state index in [2.05, 4.69) is 21.5 Å². The topological polar surface area (TPSA) is 68.0 Å². The molecule has 1 aliphatic carbocycles. The number of carboxylic acid groups (broad SMARTS) is 1. The van der Waals surface area contributed by atoms with E-state index in [4.69, 9.17) is 5.11 Å². The lowest BCUT2D eigenvalue weighted by molar-refractivity contribution is -0.133. The van der Waals surface area contributed by atoms with Crippen LogP contribution in [0.25, 0.3) is 11.2 Å². The molecular weight excluding hydrogens is 286 g/mol. The maximum atomic E-state index is 10.9. The van der Waals surface area contributed by atoms with Crippen molar-refractivity contribution in [1.29, 1.82) is 0 Å². The van der Waals surface area contributed by atoms with Crippen molar-refractivity contribution < 1.29 is 9.90 Å². The molecule has 21 heavy (non-hydrogen) atoms. The molecule has 0 bridgehead atoms. The summed E-state index contributed by atoms with van der Waals surface area (Å²) in [6.45, 7) is 4.18. The fourth-order valence-corrected chi connectivity index (χ4v) is 3.84. The number of aliphatic carboxylic acids is 1. The molecule has 2 aromatic heterocycles. The van der Waals surface area contributed by atoms with Gasteiger partial charge in [-0.15, -0.1) is 0 Å². The second-order valence-corrected chi connectivity index (χ2v) is 6.64. The first-order valence-electron chi connectivity index (χ1n) is 7.26. The predicted molar refractivity (Wildman–Crippen MR) is 82.7 cm³/mol. The van der Waals surface area contributed by atoms with E-state index in [1.165, 1.54) is 18.2 Å². The highest BCUT2D eigenvalue weighted by atomic mass is 32.2. The van der Waals surface area contributed by atoms with E-state index in [1.807, 2.05) is 19.2 Å². The molecule has 0 aliphatic heterocycles. The van der Waals surface area contributed by atoms with Gasteiger partial charge < -0.3 is 5.11 Å². The predicted octanol–water partition coefficient (Wildman–Crippen LogP) is 3.21. The number of carboxylic acids is 1. The van der Waals surface area contributed by atoms with Gasteiger partial charge in [0.1, 0.15) is 5.52 Å². The standard InChI is InChI=1S/C15H19N3O2S/c1-3-15(5-4-6-15)18-13-11(7-10(2)8-16-13)17-14(18)21-9-12(19)20/h7-8H,3-6,9H2,1-2H3,(H,19,20). The van der Waals surface area contributed by atoms with Crippen molar-refractivity contribution in [2.24, 2.45) is 0 Å². The Bertz CT molecular complexity index is 686. The molecule has 2 aromatic rings. The number of rotatable bonds is 5. The van der Waals surface area contributed by atoms with Crippen LogP contribution in [-0.4, -0.2) is 31.4 Å². The molecule has 5 nitrogen and oxygen atoms in total. The second-order valence-electron chi connectivity index (χ2n) is 5.70. The van der Waals surface area contributed by atoms with Crippen LogP contribution in [0, 0.1) is 6.92 Å². The van der Waals surface area contributed by atoms with Crippen LogP contribution in [0.3, 0.4) is 0 Å². The SMILES string of the molecule is CCC1(n2c(SCC(=O)O)nc3cc(C)cnc32)CCC1. The van der Waals surface area contributed by atoms with Crippen LogP contribution < -0.4 is 0 Å². The molecule has 0 amide bonds.